The Bertz CT molecular complexity index is 421. The normalized spacial score (nSPS) is 26.4. The van der Waals surface area contributed by atoms with Crippen LogP contribution in [0.2, 0.25) is 0 Å². The number of carbonyl (C=O) groups is 2. The third-order valence-corrected chi connectivity index (χ3v) is 4.09. The third kappa shape index (κ3) is 6.35. The molecule has 0 aromatic carbocycles. The second-order valence-electron chi connectivity index (χ2n) is 7.44. The highest BCUT2D eigenvalue weighted by Crippen LogP contribution is 2.27. The molecule has 1 saturated carbocycles. The maximum absolute atomic E-state index is 11.7. The van der Waals surface area contributed by atoms with Crippen molar-refractivity contribution >= 4 is 12.1 Å². The van der Waals surface area contributed by atoms with E-state index in [9.17, 15) is 9.59 Å². The Morgan fingerprint density at radius 1 is 1.17 bits per heavy atom. The average Bonchev–Trinajstić information content (AvgIpc) is 2.35. The molecule has 2 rings (SSSR count). The fraction of sp³-hybridized carbons (Fsp3) is 0.875. The van der Waals surface area contributed by atoms with Crippen LogP contribution in [0.4, 0.5) is 4.79 Å². The van der Waals surface area contributed by atoms with Gasteiger partial charge in [0.15, 0.2) is 0 Å². The van der Waals surface area contributed by atoms with Crippen molar-refractivity contribution < 1.29 is 24.2 Å². The topological polar surface area (TPSA) is 88.1 Å². The molecule has 0 aromatic heterocycles. The van der Waals surface area contributed by atoms with Gasteiger partial charge in [-0.2, -0.15) is 0 Å². The van der Waals surface area contributed by atoms with Crippen LogP contribution in [0.3, 0.4) is 0 Å². The number of rotatable bonds is 5. The highest BCUT2D eigenvalue weighted by Gasteiger charge is 2.34. The average molecular weight is 328 g/mol. The summed E-state index contributed by atoms with van der Waals surface area (Å²) in [4.78, 5) is 24.3. The zero-order valence-corrected chi connectivity index (χ0v) is 14.2. The zero-order valence-electron chi connectivity index (χ0n) is 14.2. The minimum absolute atomic E-state index is 0.109. The van der Waals surface area contributed by atoms with Crippen LogP contribution in [0.15, 0.2) is 0 Å². The summed E-state index contributed by atoms with van der Waals surface area (Å²) in [5, 5.41) is 11.6. The third-order valence-electron chi connectivity index (χ3n) is 4.09. The van der Waals surface area contributed by atoms with Gasteiger partial charge in [-0.05, 0) is 46.5 Å². The van der Waals surface area contributed by atoms with Gasteiger partial charge in [-0.3, -0.25) is 9.69 Å². The molecule has 2 aliphatic rings. The lowest BCUT2D eigenvalue weighted by Gasteiger charge is -2.40. The van der Waals surface area contributed by atoms with Crippen LogP contribution in [0.5, 0.6) is 0 Å². The number of aliphatic carboxylic acids is 1. The summed E-state index contributed by atoms with van der Waals surface area (Å²) in [5.41, 5.74) is -0.479. The minimum Gasteiger partial charge on any atom is -0.480 e. The van der Waals surface area contributed by atoms with Crippen molar-refractivity contribution in [1.82, 2.24) is 10.2 Å². The molecule has 1 amide bonds. The molecule has 23 heavy (non-hydrogen) atoms. The quantitative estimate of drug-likeness (QED) is 0.797. The summed E-state index contributed by atoms with van der Waals surface area (Å²) < 4.78 is 11.3. The predicted octanol–water partition coefficient (Wildman–Crippen LogP) is 1.61. The molecular weight excluding hydrogens is 300 g/mol. The second kappa shape index (κ2) is 7.49. The number of alkyl carbamates (subject to hydrolysis) is 1. The summed E-state index contributed by atoms with van der Waals surface area (Å²) in [7, 11) is 0. The molecule has 2 fully saturated rings. The van der Waals surface area contributed by atoms with E-state index in [-0.39, 0.29) is 30.9 Å². The predicted molar refractivity (Wildman–Crippen MR) is 84.4 cm³/mol. The SMILES string of the molecule is CC(C)(C)OC(=O)N[C@H]1C[C@H](OC2CCN(CC(=O)O)CC2)C1. The Morgan fingerprint density at radius 3 is 2.30 bits per heavy atom. The molecule has 7 heteroatoms. The lowest BCUT2D eigenvalue weighted by Crippen LogP contribution is -2.50. The van der Waals surface area contributed by atoms with Gasteiger partial charge in [-0.25, -0.2) is 4.79 Å². The second-order valence-corrected chi connectivity index (χ2v) is 7.44. The van der Waals surface area contributed by atoms with Gasteiger partial charge in [-0.1, -0.05) is 0 Å². The highest BCUT2D eigenvalue weighted by atomic mass is 16.6. The Hall–Kier alpha value is -1.34. The van der Waals surface area contributed by atoms with E-state index in [1.165, 1.54) is 0 Å². The van der Waals surface area contributed by atoms with Gasteiger partial charge < -0.3 is 19.9 Å². The van der Waals surface area contributed by atoms with Crippen LogP contribution < -0.4 is 5.32 Å². The van der Waals surface area contributed by atoms with E-state index in [1.807, 2.05) is 25.7 Å². The Balaban J connectivity index is 1.58. The Kier molecular flexibility index (Phi) is 5.86. The Labute approximate surface area is 137 Å². The summed E-state index contributed by atoms with van der Waals surface area (Å²) in [5.74, 6) is -0.778. The molecule has 0 aromatic rings. The highest BCUT2D eigenvalue weighted by molar-refractivity contribution is 5.69. The van der Waals surface area contributed by atoms with Gasteiger partial charge >= 0.3 is 12.1 Å². The lowest BCUT2D eigenvalue weighted by molar-refractivity contribution is -0.139. The van der Waals surface area contributed by atoms with Gasteiger partial charge in [0.2, 0.25) is 0 Å². The summed E-state index contributed by atoms with van der Waals surface area (Å²) in [6, 6.07) is 0.127. The van der Waals surface area contributed by atoms with Gasteiger partial charge in [0, 0.05) is 19.1 Å². The molecule has 0 unspecified atom stereocenters. The van der Waals surface area contributed by atoms with Crippen LogP contribution in [0, 0.1) is 0 Å². The number of piperidine rings is 1. The molecule has 2 N–H and O–H groups in total. The van der Waals surface area contributed by atoms with Crippen molar-refractivity contribution in [3.63, 3.8) is 0 Å². The van der Waals surface area contributed by atoms with Gasteiger partial charge in [-0.15, -0.1) is 0 Å². The van der Waals surface area contributed by atoms with Crippen molar-refractivity contribution in [2.45, 2.75) is 70.3 Å². The standard InChI is InChI=1S/C16H28N2O5/c1-16(2,3)23-15(21)17-11-8-13(9-11)22-12-4-6-18(7-5-12)10-14(19)20/h11-13H,4-10H2,1-3H3,(H,17,21)(H,19,20)/t11-,13-. The van der Waals surface area contributed by atoms with Crippen molar-refractivity contribution in [1.29, 1.82) is 0 Å². The number of nitrogens with one attached hydrogen (secondary N) is 1. The fourth-order valence-corrected chi connectivity index (χ4v) is 2.94. The van der Waals surface area contributed by atoms with Crippen LogP contribution >= 0.6 is 0 Å². The van der Waals surface area contributed by atoms with E-state index < -0.39 is 11.6 Å². The van der Waals surface area contributed by atoms with E-state index in [0.717, 1.165) is 38.8 Å². The molecule has 7 nitrogen and oxygen atoms in total. The molecular formula is C16H28N2O5. The van der Waals surface area contributed by atoms with E-state index in [2.05, 4.69) is 5.32 Å². The first kappa shape index (κ1) is 18.0. The lowest BCUT2D eigenvalue weighted by atomic mass is 9.89. The number of carboxylic acids is 1. The fourth-order valence-electron chi connectivity index (χ4n) is 2.94. The van der Waals surface area contributed by atoms with Crippen LogP contribution in [-0.4, -0.2) is 65.6 Å². The summed E-state index contributed by atoms with van der Waals surface area (Å²) in [6.45, 7) is 7.17. The molecule has 1 aliphatic heterocycles. The maximum Gasteiger partial charge on any atom is 0.407 e. The van der Waals surface area contributed by atoms with E-state index in [4.69, 9.17) is 14.6 Å². The first-order valence-corrected chi connectivity index (χ1v) is 8.30. The first-order valence-electron chi connectivity index (χ1n) is 8.30. The van der Waals surface area contributed by atoms with Crippen molar-refractivity contribution in [2.24, 2.45) is 0 Å². The molecule has 0 bridgehead atoms. The van der Waals surface area contributed by atoms with Crippen LogP contribution in [0.1, 0.15) is 46.5 Å². The van der Waals surface area contributed by atoms with Gasteiger partial charge in [0.05, 0.1) is 18.8 Å². The molecule has 0 radical (unpaired) electrons. The monoisotopic (exact) mass is 328 g/mol. The number of nitrogens with zero attached hydrogens (tertiary/aromatic N) is 1. The van der Waals surface area contributed by atoms with Crippen molar-refractivity contribution in [3.8, 4) is 0 Å². The molecule has 1 aliphatic carbocycles. The zero-order chi connectivity index (χ0) is 17.0. The smallest absolute Gasteiger partial charge is 0.407 e. The first-order chi connectivity index (χ1) is 10.7. The van der Waals surface area contributed by atoms with Crippen molar-refractivity contribution in [2.75, 3.05) is 19.6 Å². The van der Waals surface area contributed by atoms with E-state index >= 15 is 0 Å². The minimum atomic E-state index is -0.778. The number of carboxylic acid groups (broad SMARTS) is 1. The summed E-state index contributed by atoms with van der Waals surface area (Å²) in [6.07, 6.45) is 3.38. The number of amides is 1. The van der Waals surface area contributed by atoms with Crippen molar-refractivity contribution in [3.05, 3.63) is 0 Å². The largest absolute Gasteiger partial charge is 0.480 e. The number of carbonyl (C=O) groups excluding carboxylic acids is 1. The molecule has 1 heterocycles. The molecule has 1 saturated heterocycles. The van der Waals surface area contributed by atoms with Crippen LogP contribution in [-0.2, 0) is 14.3 Å². The summed E-state index contributed by atoms with van der Waals surface area (Å²) >= 11 is 0. The van der Waals surface area contributed by atoms with Gasteiger partial charge in [0.25, 0.3) is 0 Å². The number of hydrogen-bond donors (Lipinski definition) is 2. The Morgan fingerprint density at radius 2 is 1.78 bits per heavy atom. The number of likely N-dealkylation sites (tertiary alicyclic amines) is 1. The van der Waals surface area contributed by atoms with E-state index in [1.54, 1.807) is 0 Å². The van der Waals surface area contributed by atoms with Crippen LogP contribution in [0.25, 0.3) is 0 Å². The molecule has 132 valence electrons. The molecule has 0 spiro atoms. The van der Waals surface area contributed by atoms with E-state index in [0.29, 0.717) is 0 Å². The number of ether oxygens (including phenoxy) is 2. The van der Waals surface area contributed by atoms with Gasteiger partial charge in [0.1, 0.15) is 5.60 Å². The molecule has 0 atom stereocenters. The number of hydrogen-bond acceptors (Lipinski definition) is 5. The maximum atomic E-state index is 11.7.